The molecule has 50 heavy (non-hydrogen) atoms. The molecule has 2 amide bonds. The first kappa shape index (κ1) is 34.3. The summed E-state index contributed by atoms with van der Waals surface area (Å²) < 4.78 is 48.0. The molecule has 3 aliphatic rings. The molecule has 0 bridgehead atoms. The third kappa shape index (κ3) is 6.78. The number of methoxy groups -OCH3 is 1. The molecule has 266 valence electrons. The zero-order valence-corrected chi connectivity index (χ0v) is 29.8. The number of hydrogen-bond acceptors (Lipinski definition) is 8. The average Bonchev–Trinajstić information content (AvgIpc) is 3.68. The molecule has 4 aromatic rings. The number of aryl methyl sites for hydroxylation is 1. The van der Waals surface area contributed by atoms with Crippen molar-refractivity contribution in [1.29, 1.82) is 0 Å². The van der Waals surface area contributed by atoms with Gasteiger partial charge < -0.3 is 23.4 Å². The number of aromatic nitrogens is 2. The van der Waals surface area contributed by atoms with Crippen molar-refractivity contribution in [2.45, 2.75) is 69.7 Å². The van der Waals surface area contributed by atoms with Gasteiger partial charge in [0, 0.05) is 68.6 Å². The van der Waals surface area contributed by atoms with Gasteiger partial charge in [0.25, 0.3) is 5.91 Å². The van der Waals surface area contributed by atoms with E-state index in [1.54, 1.807) is 19.4 Å². The minimum Gasteiger partial charge on any atom is -0.497 e. The number of nitrogens with zero attached hydrogens (tertiary/aromatic N) is 4. The number of nitrogens with one attached hydrogen (secondary N) is 1. The van der Waals surface area contributed by atoms with E-state index >= 15 is 0 Å². The third-order valence-corrected chi connectivity index (χ3v) is 11.8. The lowest BCUT2D eigenvalue weighted by Gasteiger charge is -2.26. The second kappa shape index (κ2) is 14.2. The van der Waals surface area contributed by atoms with E-state index in [-0.39, 0.29) is 17.4 Å². The fourth-order valence-corrected chi connectivity index (χ4v) is 8.24. The predicted octanol–water partition coefficient (Wildman–Crippen LogP) is 5.02. The van der Waals surface area contributed by atoms with E-state index in [1.165, 1.54) is 26.1 Å². The van der Waals surface area contributed by atoms with E-state index in [4.69, 9.17) is 18.9 Å². The fraction of sp³-hybridized carbons (Fsp3) is 0.486. The molecule has 13 heteroatoms. The Bertz CT molecular complexity index is 2010. The molecule has 2 aromatic heterocycles. The maximum absolute atomic E-state index is 13.3. The standard InChI is InChI=1S/C37H45N5O7S/c1-40(2)50(45,46)39-36(44)25-9-12-31-32(21-25)42-23-27(37-38-22-29(49-37)11-14-33(43)41-15-17-48-18-16-41)19-26-20-28(47-3)10-13-30(26)35(42)34(31)24-7-5-4-6-8-24/h9-10,12-13,20-22,24,27H,4-8,11,14-19,23H2,1-3H3,(H,39,44)/t27-/m1/s1. The van der Waals surface area contributed by atoms with Crippen LogP contribution in [0.4, 0.5) is 0 Å². The minimum absolute atomic E-state index is 0.0821. The Morgan fingerprint density at radius 2 is 1.82 bits per heavy atom. The first-order valence-corrected chi connectivity index (χ1v) is 18.9. The van der Waals surface area contributed by atoms with Crippen molar-refractivity contribution >= 4 is 32.9 Å². The molecular formula is C37H45N5O7S. The number of ether oxygens (including phenoxy) is 2. The molecule has 2 aliphatic heterocycles. The van der Waals surface area contributed by atoms with Gasteiger partial charge in [-0.1, -0.05) is 25.3 Å². The van der Waals surface area contributed by atoms with Gasteiger partial charge in [-0.2, -0.15) is 12.7 Å². The van der Waals surface area contributed by atoms with Crippen LogP contribution in [-0.2, 0) is 39.1 Å². The second-order valence-electron chi connectivity index (χ2n) is 13.7. The fourth-order valence-electron chi connectivity index (χ4n) is 7.71. The summed E-state index contributed by atoms with van der Waals surface area (Å²) in [5, 5.41) is 1.07. The number of rotatable bonds is 9. The van der Waals surface area contributed by atoms with Crippen LogP contribution < -0.4 is 9.46 Å². The second-order valence-corrected chi connectivity index (χ2v) is 15.6. The lowest BCUT2D eigenvalue weighted by molar-refractivity contribution is -0.135. The first-order valence-electron chi connectivity index (χ1n) is 17.5. The number of morpholine rings is 1. The summed E-state index contributed by atoms with van der Waals surface area (Å²) in [6.45, 7) is 2.87. The summed E-state index contributed by atoms with van der Waals surface area (Å²) in [5.41, 5.74) is 5.74. The molecule has 1 atom stereocenters. The SMILES string of the molecule is COc1ccc2c(c1)C[C@@H](c1ncc(CCC(=O)N3CCOCC3)o1)Cn1c-2c(C2CCCCC2)c2ccc(C(=O)NS(=O)(=O)N(C)C)cc21. The van der Waals surface area contributed by atoms with E-state index in [0.29, 0.717) is 69.7 Å². The summed E-state index contributed by atoms with van der Waals surface area (Å²) in [7, 11) is 0.454. The van der Waals surface area contributed by atoms with Crippen molar-refractivity contribution in [2.75, 3.05) is 47.5 Å². The molecule has 0 unspecified atom stereocenters. The molecule has 12 nitrogen and oxygen atoms in total. The lowest BCUT2D eigenvalue weighted by Crippen LogP contribution is -2.40. The summed E-state index contributed by atoms with van der Waals surface area (Å²) in [6, 6.07) is 11.7. The molecule has 2 fully saturated rings. The van der Waals surface area contributed by atoms with Crippen molar-refractivity contribution in [2.24, 2.45) is 0 Å². The highest BCUT2D eigenvalue weighted by atomic mass is 32.2. The number of benzene rings is 2. The van der Waals surface area contributed by atoms with Crippen LogP contribution in [0.3, 0.4) is 0 Å². The Kier molecular flexibility index (Phi) is 9.73. The van der Waals surface area contributed by atoms with E-state index < -0.39 is 16.1 Å². The van der Waals surface area contributed by atoms with Crippen molar-refractivity contribution in [1.82, 2.24) is 23.5 Å². The van der Waals surface area contributed by atoms with Gasteiger partial charge in [-0.05, 0) is 66.6 Å². The van der Waals surface area contributed by atoms with Crippen LogP contribution in [0.5, 0.6) is 5.75 Å². The molecule has 1 saturated carbocycles. The van der Waals surface area contributed by atoms with Gasteiger partial charge in [-0.15, -0.1) is 0 Å². The molecule has 1 aliphatic carbocycles. The van der Waals surface area contributed by atoms with Gasteiger partial charge in [0.15, 0.2) is 5.89 Å². The van der Waals surface area contributed by atoms with Crippen LogP contribution in [0, 0.1) is 0 Å². The maximum Gasteiger partial charge on any atom is 0.303 e. The van der Waals surface area contributed by atoms with E-state index in [1.807, 2.05) is 23.1 Å². The normalized spacial score (nSPS) is 18.5. The predicted molar refractivity (Wildman–Crippen MR) is 188 cm³/mol. The summed E-state index contributed by atoms with van der Waals surface area (Å²) >= 11 is 0. The molecule has 0 spiro atoms. The number of hydrogen-bond donors (Lipinski definition) is 1. The van der Waals surface area contributed by atoms with Gasteiger partial charge >= 0.3 is 10.2 Å². The molecule has 1 saturated heterocycles. The smallest absolute Gasteiger partial charge is 0.303 e. The van der Waals surface area contributed by atoms with Crippen molar-refractivity contribution in [3.8, 4) is 17.0 Å². The number of carbonyl (C=O) groups is 2. The maximum atomic E-state index is 13.3. The van der Waals surface area contributed by atoms with Crippen LogP contribution in [0.25, 0.3) is 22.2 Å². The Labute approximate surface area is 292 Å². The topological polar surface area (TPSA) is 136 Å². The minimum atomic E-state index is -3.97. The number of oxazole rings is 1. The van der Waals surface area contributed by atoms with Gasteiger partial charge in [-0.3, -0.25) is 9.59 Å². The highest BCUT2D eigenvalue weighted by Crippen LogP contribution is 2.48. The van der Waals surface area contributed by atoms with Crippen molar-refractivity contribution in [3.05, 3.63) is 70.9 Å². The molecule has 0 radical (unpaired) electrons. The van der Waals surface area contributed by atoms with Crippen LogP contribution >= 0.6 is 0 Å². The van der Waals surface area contributed by atoms with Gasteiger partial charge in [0.2, 0.25) is 5.91 Å². The quantitative estimate of drug-likeness (QED) is 0.257. The van der Waals surface area contributed by atoms with E-state index in [9.17, 15) is 18.0 Å². The van der Waals surface area contributed by atoms with E-state index in [0.717, 1.165) is 63.5 Å². The van der Waals surface area contributed by atoms with Crippen LogP contribution in [0.1, 0.15) is 83.5 Å². The average molecular weight is 704 g/mol. The van der Waals surface area contributed by atoms with Crippen molar-refractivity contribution in [3.63, 3.8) is 0 Å². The Balaban J connectivity index is 1.30. The van der Waals surface area contributed by atoms with Crippen LogP contribution in [0.15, 0.2) is 47.0 Å². The third-order valence-electron chi connectivity index (χ3n) is 10.4. The number of amides is 2. The highest BCUT2D eigenvalue weighted by molar-refractivity contribution is 7.87. The largest absolute Gasteiger partial charge is 0.497 e. The van der Waals surface area contributed by atoms with E-state index in [2.05, 4.69) is 21.4 Å². The Morgan fingerprint density at radius 3 is 2.56 bits per heavy atom. The van der Waals surface area contributed by atoms with Gasteiger partial charge in [0.1, 0.15) is 11.5 Å². The highest BCUT2D eigenvalue weighted by Gasteiger charge is 2.33. The monoisotopic (exact) mass is 703 g/mol. The van der Waals surface area contributed by atoms with Gasteiger partial charge in [-0.25, -0.2) is 9.71 Å². The summed E-state index contributed by atoms with van der Waals surface area (Å²) in [5.74, 6) is 1.61. The molecule has 1 N–H and O–H groups in total. The van der Waals surface area contributed by atoms with Crippen LogP contribution in [0.2, 0.25) is 0 Å². The molecule has 7 rings (SSSR count). The molecular weight excluding hydrogens is 659 g/mol. The van der Waals surface area contributed by atoms with Crippen molar-refractivity contribution < 1.29 is 31.9 Å². The molecule has 4 heterocycles. The zero-order valence-electron chi connectivity index (χ0n) is 28.9. The number of fused-ring (bicyclic) bond motifs is 5. The Morgan fingerprint density at radius 1 is 1.04 bits per heavy atom. The molecule has 2 aromatic carbocycles. The van der Waals surface area contributed by atoms with Crippen LogP contribution in [-0.4, -0.2) is 86.5 Å². The summed E-state index contributed by atoms with van der Waals surface area (Å²) in [4.78, 5) is 32.7. The summed E-state index contributed by atoms with van der Waals surface area (Å²) in [6.07, 6.45) is 8.87. The van der Waals surface area contributed by atoms with Gasteiger partial charge in [0.05, 0.1) is 38.1 Å². The number of carbonyl (C=O) groups excluding carboxylic acids is 2. The lowest BCUT2D eigenvalue weighted by atomic mass is 9.81. The first-order chi connectivity index (χ1) is 24.1. The Hall–Kier alpha value is -4.20. The zero-order chi connectivity index (χ0) is 35.0.